The van der Waals surface area contributed by atoms with E-state index in [2.05, 4.69) is 10.5 Å². The Kier molecular flexibility index (Phi) is 6.58. The summed E-state index contributed by atoms with van der Waals surface area (Å²) in [7, 11) is 0. The molecular weight excluding hydrogens is 426 g/mol. The molecule has 0 saturated carbocycles. The first-order valence-electron chi connectivity index (χ1n) is 8.73. The predicted octanol–water partition coefficient (Wildman–Crippen LogP) is 3.94. The van der Waals surface area contributed by atoms with Gasteiger partial charge in [0.25, 0.3) is 11.6 Å². The molecule has 10 heteroatoms. The standard InChI is InChI=1S/C21H14ClN3O6/c22-15-7-5-13(6-8-15)21(28)31-19-10-9-16(25(29)30)11-14(19)12-23-24-20(27)17-3-1-2-4-18(17)26/h1-12,26H,(H,24,27)/b23-12+. The number of ether oxygens (including phenoxy) is 1. The lowest BCUT2D eigenvalue weighted by atomic mass is 10.2. The molecule has 0 unspecified atom stereocenters. The molecule has 0 aromatic heterocycles. The number of hydrazone groups is 1. The third kappa shape index (κ3) is 5.43. The highest BCUT2D eigenvalue weighted by Crippen LogP contribution is 2.24. The molecule has 3 rings (SSSR count). The molecule has 0 atom stereocenters. The average Bonchev–Trinajstić information content (AvgIpc) is 2.75. The number of hydrogen-bond donors (Lipinski definition) is 2. The molecule has 1 amide bonds. The van der Waals surface area contributed by atoms with Crippen molar-refractivity contribution >= 4 is 35.4 Å². The molecular formula is C21H14ClN3O6. The van der Waals surface area contributed by atoms with E-state index in [0.29, 0.717) is 5.02 Å². The number of nitro benzene ring substituents is 1. The van der Waals surface area contributed by atoms with E-state index >= 15 is 0 Å². The predicted molar refractivity (Wildman–Crippen MR) is 113 cm³/mol. The third-order valence-electron chi connectivity index (χ3n) is 4.01. The summed E-state index contributed by atoms with van der Waals surface area (Å²) in [5, 5.41) is 25.0. The van der Waals surface area contributed by atoms with Gasteiger partial charge in [0.2, 0.25) is 0 Å². The van der Waals surface area contributed by atoms with Gasteiger partial charge in [0.15, 0.2) is 0 Å². The Morgan fingerprint density at radius 2 is 1.81 bits per heavy atom. The molecule has 31 heavy (non-hydrogen) atoms. The normalized spacial score (nSPS) is 10.6. The largest absolute Gasteiger partial charge is 0.507 e. The van der Waals surface area contributed by atoms with Crippen LogP contribution in [-0.2, 0) is 0 Å². The Morgan fingerprint density at radius 3 is 2.48 bits per heavy atom. The average molecular weight is 440 g/mol. The van der Waals surface area contributed by atoms with Crippen molar-refractivity contribution in [2.75, 3.05) is 0 Å². The summed E-state index contributed by atoms with van der Waals surface area (Å²) in [5.41, 5.74) is 2.23. The molecule has 0 heterocycles. The number of non-ortho nitro benzene ring substituents is 1. The van der Waals surface area contributed by atoms with E-state index in [9.17, 15) is 24.8 Å². The number of phenolic OH excluding ortho intramolecular Hbond substituents is 1. The Labute approximate surface area is 180 Å². The second-order valence-electron chi connectivity index (χ2n) is 6.09. The van der Waals surface area contributed by atoms with E-state index in [4.69, 9.17) is 16.3 Å². The van der Waals surface area contributed by atoms with Crippen LogP contribution in [0.15, 0.2) is 71.8 Å². The van der Waals surface area contributed by atoms with Crippen LogP contribution in [0.3, 0.4) is 0 Å². The number of rotatable bonds is 6. The van der Waals surface area contributed by atoms with Gasteiger partial charge in [0.1, 0.15) is 11.5 Å². The highest BCUT2D eigenvalue weighted by Gasteiger charge is 2.15. The van der Waals surface area contributed by atoms with Gasteiger partial charge in [-0.05, 0) is 42.5 Å². The van der Waals surface area contributed by atoms with Crippen LogP contribution >= 0.6 is 11.6 Å². The van der Waals surface area contributed by atoms with Crippen molar-refractivity contribution < 1.29 is 24.4 Å². The van der Waals surface area contributed by atoms with Gasteiger partial charge in [-0.15, -0.1) is 0 Å². The third-order valence-corrected chi connectivity index (χ3v) is 4.26. The molecule has 0 aliphatic rings. The summed E-state index contributed by atoms with van der Waals surface area (Å²) in [5.74, 6) is -1.65. The zero-order chi connectivity index (χ0) is 22.4. The number of para-hydroxylation sites is 1. The first-order valence-corrected chi connectivity index (χ1v) is 9.10. The molecule has 0 spiro atoms. The number of esters is 1. The van der Waals surface area contributed by atoms with E-state index in [-0.39, 0.29) is 33.9 Å². The van der Waals surface area contributed by atoms with Crippen molar-refractivity contribution in [3.05, 3.63) is 98.6 Å². The topological polar surface area (TPSA) is 131 Å². The van der Waals surface area contributed by atoms with E-state index in [1.165, 1.54) is 48.5 Å². The molecule has 0 radical (unpaired) electrons. The molecule has 0 aliphatic heterocycles. The zero-order valence-corrected chi connectivity index (χ0v) is 16.4. The van der Waals surface area contributed by atoms with Gasteiger partial charge in [-0.1, -0.05) is 23.7 Å². The Hall–Kier alpha value is -4.24. The van der Waals surface area contributed by atoms with Gasteiger partial charge in [-0.3, -0.25) is 14.9 Å². The summed E-state index contributed by atoms with van der Waals surface area (Å²) in [6, 6.07) is 15.4. The van der Waals surface area contributed by atoms with E-state index in [1.54, 1.807) is 12.1 Å². The number of carbonyl (C=O) groups excluding carboxylic acids is 2. The van der Waals surface area contributed by atoms with E-state index in [1.807, 2.05) is 0 Å². The number of halogens is 1. The molecule has 0 fully saturated rings. The molecule has 156 valence electrons. The fraction of sp³-hybridized carbons (Fsp3) is 0. The first-order chi connectivity index (χ1) is 14.8. The summed E-state index contributed by atoms with van der Waals surface area (Å²) in [6.07, 6.45) is 1.09. The number of carbonyl (C=O) groups is 2. The number of nitrogens with one attached hydrogen (secondary N) is 1. The number of nitro groups is 1. The minimum atomic E-state index is -0.710. The fourth-order valence-corrected chi connectivity index (χ4v) is 2.60. The molecule has 9 nitrogen and oxygen atoms in total. The van der Waals surface area contributed by atoms with E-state index in [0.717, 1.165) is 12.3 Å². The SMILES string of the molecule is O=C(Oc1ccc([N+](=O)[O-])cc1/C=N/NC(=O)c1ccccc1O)c1ccc(Cl)cc1. The van der Waals surface area contributed by atoms with Crippen LogP contribution in [0.4, 0.5) is 5.69 Å². The summed E-state index contributed by atoms with van der Waals surface area (Å²) < 4.78 is 5.32. The van der Waals surface area contributed by atoms with Crippen molar-refractivity contribution in [3.63, 3.8) is 0 Å². The van der Waals surface area contributed by atoms with Crippen LogP contribution in [-0.4, -0.2) is 28.1 Å². The van der Waals surface area contributed by atoms with Crippen molar-refractivity contribution in [2.24, 2.45) is 5.10 Å². The number of phenols is 1. The van der Waals surface area contributed by atoms with Gasteiger partial charge >= 0.3 is 5.97 Å². The summed E-state index contributed by atoms with van der Waals surface area (Å²) in [4.78, 5) is 34.9. The maximum atomic E-state index is 12.4. The van der Waals surface area contributed by atoms with Crippen LogP contribution in [0.2, 0.25) is 5.02 Å². The highest BCUT2D eigenvalue weighted by molar-refractivity contribution is 6.30. The molecule has 0 bridgehead atoms. The summed E-state index contributed by atoms with van der Waals surface area (Å²) in [6.45, 7) is 0. The Morgan fingerprint density at radius 1 is 1.10 bits per heavy atom. The monoisotopic (exact) mass is 439 g/mol. The number of amides is 1. The van der Waals surface area contributed by atoms with Crippen LogP contribution < -0.4 is 10.2 Å². The fourth-order valence-electron chi connectivity index (χ4n) is 2.47. The first kappa shape index (κ1) is 21.5. The summed E-state index contributed by atoms with van der Waals surface area (Å²) >= 11 is 5.80. The van der Waals surface area contributed by atoms with Crippen molar-refractivity contribution in [1.82, 2.24) is 5.43 Å². The van der Waals surface area contributed by atoms with Crippen LogP contribution in [0, 0.1) is 10.1 Å². The molecule has 2 N–H and O–H groups in total. The van der Waals surface area contributed by atoms with Crippen molar-refractivity contribution in [3.8, 4) is 11.5 Å². The van der Waals surface area contributed by atoms with Crippen molar-refractivity contribution in [1.29, 1.82) is 0 Å². The number of aromatic hydroxyl groups is 1. The maximum absolute atomic E-state index is 12.4. The minimum absolute atomic E-state index is 0.00641. The number of hydrogen-bond acceptors (Lipinski definition) is 7. The highest BCUT2D eigenvalue weighted by atomic mass is 35.5. The Bertz CT molecular complexity index is 1180. The van der Waals surface area contributed by atoms with Crippen LogP contribution in [0.5, 0.6) is 11.5 Å². The van der Waals surface area contributed by atoms with Gasteiger partial charge in [0.05, 0.1) is 22.3 Å². The molecule has 3 aromatic rings. The second-order valence-corrected chi connectivity index (χ2v) is 6.53. The molecule has 3 aromatic carbocycles. The second kappa shape index (κ2) is 9.51. The number of benzene rings is 3. The molecule has 0 saturated heterocycles. The zero-order valence-electron chi connectivity index (χ0n) is 15.7. The maximum Gasteiger partial charge on any atom is 0.343 e. The quantitative estimate of drug-likeness (QED) is 0.196. The lowest BCUT2D eigenvalue weighted by Crippen LogP contribution is -2.18. The van der Waals surface area contributed by atoms with Gasteiger partial charge in [0, 0.05) is 22.7 Å². The van der Waals surface area contributed by atoms with Crippen LogP contribution in [0.25, 0.3) is 0 Å². The van der Waals surface area contributed by atoms with E-state index < -0.39 is 16.8 Å². The lowest BCUT2D eigenvalue weighted by molar-refractivity contribution is -0.384. The Balaban J connectivity index is 1.82. The van der Waals surface area contributed by atoms with Crippen molar-refractivity contribution in [2.45, 2.75) is 0 Å². The number of nitrogens with zero attached hydrogens (tertiary/aromatic N) is 2. The van der Waals surface area contributed by atoms with Gasteiger partial charge in [-0.25, -0.2) is 10.2 Å². The smallest absolute Gasteiger partial charge is 0.343 e. The van der Waals surface area contributed by atoms with Crippen LogP contribution in [0.1, 0.15) is 26.3 Å². The van der Waals surface area contributed by atoms with Gasteiger partial charge in [-0.2, -0.15) is 5.10 Å². The molecule has 0 aliphatic carbocycles. The lowest BCUT2D eigenvalue weighted by Gasteiger charge is -2.08. The van der Waals surface area contributed by atoms with Gasteiger partial charge < -0.3 is 9.84 Å². The minimum Gasteiger partial charge on any atom is -0.507 e.